The molecule has 2 rings (SSSR count). The van der Waals surface area contributed by atoms with Gasteiger partial charge in [0.2, 0.25) is 5.91 Å². The first-order chi connectivity index (χ1) is 9.37. The summed E-state index contributed by atoms with van der Waals surface area (Å²) in [5.41, 5.74) is 6.15. The molecule has 1 aliphatic rings. The molecule has 1 fully saturated rings. The van der Waals surface area contributed by atoms with E-state index in [9.17, 15) is 4.79 Å². The first kappa shape index (κ1) is 21.6. The van der Waals surface area contributed by atoms with E-state index in [-0.39, 0.29) is 42.2 Å². The van der Waals surface area contributed by atoms with Gasteiger partial charge in [0.1, 0.15) is 5.82 Å². The van der Waals surface area contributed by atoms with Gasteiger partial charge in [-0.2, -0.15) is 0 Å². The first-order valence-corrected chi connectivity index (χ1v) is 7.55. The Morgan fingerprint density at radius 2 is 2.18 bits per heavy atom. The van der Waals surface area contributed by atoms with Crippen molar-refractivity contribution in [1.29, 1.82) is 0 Å². The van der Waals surface area contributed by atoms with E-state index in [1.54, 1.807) is 12.3 Å². The van der Waals surface area contributed by atoms with Crippen molar-refractivity contribution >= 4 is 52.5 Å². The number of nitrogens with two attached hydrogens (primary N) is 1. The van der Waals surface area contributed by atoms with Crippen LogP contribution in [0.1, 0.15) is 20.3 Å². The minimum atomic E-state index is -0.0360. The number of amides is 1. The van der Waals surface area contributed by atoms with Gasteiger partial charge in [0.15, 0.2) is 0 Å². The largest absolute Gasteiger partial charge is 0.327 e. The number of hydrogen-bond acceptors (Lipinski definition) is 4. The minimum Gasteiger partial charge on any atom is -0.327 e. The molecule has 1 aromatic rings. The van der Waals surface area contributed by atoms with E-state index in [1.807, 2.05) is 6.07 Å². The van der Waals surface area contributed by atoms with Gasteiger partial charge in [0, 0.05) is 29.8 Å². The SMILES string of the molecule is CC1(C)CN(CC(=O)Nc2ccc(Br)cn2)CCC1N.Cl.Cl. The van der Waals surface area contributed by atoms with Crippen LogP contribution in [0.25, 0.3) is 0 Å². The monoisotopic (exact) mass is 412 g/mol. The Labute approximate surface area is 152 Å². The van der Waals surface area contributed by atoms with E-state index in [0.717, 1.165) is 24.0 Å². The fourth-order valence-electron chi connectivity index (χ4n) is 2.46. The molecule has 1 atom stereocenters. The van der Waals surface area contributed by atoms with E-state index in [4.69, 9.17) is 5.73 Å². The molecule has 126 valence electrons. The Hall–Kier alpha value is -0.400. The minimum absolute atomic E-state index is 0. The number of nitrogens with one attached hydrogen (secondary N) is 1. The summed E-state index contributed by atoms with van der Waals surface area (Å²) in [7, 11) is 0. The number of hydrogen-bond donors (Lipinski definition) is 2. The summed E-state index contributed by atoms with van der Waals surface area (Å²) in [5, 5.41) is 2.81. The Bertz CT molecular complexity index is 484. The van der Waals surface area contributed by atoms with Crippen molar-refractivity contribution in [1.82, 2.24) is 9.88 Å². The fraction of sp³-hybridized carbons (Fsp3) is 0.571. The van der Waals surface area contributed by atoms with Gasteiger partial charge in [0.25, 0.3) is 0 Å². The molecule has 1 aliphatic heterocycles. The summed E-state index contributed by atoms with van der Waals surface area (Å²) in [6.07, 6.45) is 2.59. The highest BCUT2D eigenvalue weighted by Gasteiger charge is 2.33. The van der Waals surface area contributed by atoms with Crippen LogP contribution in [0.15, 0.2) is 22.8 Å². The molecule has 0 aromatic carbocycles. The lowest BCUT2D eigenvalue weighted by Crippen LogP contribution is -2.53. The number of pyridine rings is 1. The Balaban J connectivity index is 0.00000220. The molecule has 0 saturated carbocycles. The van der Waals surface area contributed by atoms with E-state index in [1.165, 1.54) is 0 Å². The van der Waals surface area contributed by atoms with Crippen molar-refractivity contribution in [3.05, 3.63) is 22.8 Å². The third-order valence-electron chi connectivity index (χ3n) is 3.75. The maximum Gasteiger partial charge on any atom is 0.239 e. The van der Waals surface area contributed by atoms with Crippen molar-refractivity contribution in [2.45, 2.75) is 26.3 Å². The lowest BCUT2D eigenvalue weighted by molar-refractivity contribution is -0.118. The molecule has 2 heterocycles. The summed E-state index contributed by atoms with van der Waals surface area (Å²) in [6.45, 7) is 6.39. The molecule has 0 radical (unpaired) electrons. The predicted octanol–water partition coefficient (Wildman–Crippen LogP) is 2.69. The van der Waals surface area contributed by atoms with Gasteiger partial charge in [-0.05, 0) is 39.9 Å². The van der Waals surface area contributed by atoms with Gasteiger partial charge in [-0.1, -0.05) is 13.8 Å². The molecule has 1 aromatic heterocycles. The normalized spacial score (nSPS) is 20.5. The highest BCUT2D eigenvalue weighted by molar-refractivity contribution is 9.10. The Morgan fingerprint density at radius 1 is 1.50 bits per heavy atom. The third-order valence-corrected chi connectivity index (χ3v) is 4.22. The molecule has 0 spiro atoms. The maximum atomic E-state index is 12.0. The molecule has 22 heavy (non-hydrogen) atoms. The molecule has 1 unspecified atom stereocenters. The van der Waals surface area contributed by atoms with E-state index < -0.39 is 0 Å². The Morgan fingerprint density at radius 3 is 2.73 bits per heavy atom. The molecule has 1 saturated heterocycles. The van der Waals surface area contributed by atoms with Crippen LogP contribution in [0.4, 0.5) is 5.82 Å². The Kier molecular flexibility index (Phi) is 8.87. The number of rotatable bonds is 3. The topological polar surface area (TPSA) is 71.2 Å². The predicted molar refractivity (Wildman–Crippen MR) is 97.9 cm³/mol. The van der Waals surface area contributed by atoms with Crippen LogP contribution in [0.2, 0.25) is 0 Å². The smallest absolute Gasteiger partial charge is 0.239 e. The molecule has 5 nitrogen and oxygen atoms in total. The molecular formula is C14H23BrCl2N4O. The second-order valence-corrected chi connectivity index (χ2v) is 6.92. The van der Waals surface area contributed by atoms with Gasteiger partial charge >= 0.3 is 0 Å². The average molecular weight is 414 g/mol. The molecule has 8 heteroatoms. The van der Waals surface area contributed by atoms with Crippen LogP contribution in [0.5, 0.6) is 0 Å². The summed E-state index contributed by atoms with van der Waals surface area (Å²) in [4.78, 5) is 18.3. The highest BCUT2D eigenvalue weighted by atomic mass is 79.9. The van der Waals surface area contributed by atoms with Crippen LogP contribution in [0.3, 0.4) is 0 Å². The van der Waals surface area contributed by atoms with Crippen molar-refractivity contribution < 1.29 is 4.79 Å². The van der Waals surface area contributed by atoms with E-state index >= 15 is 0 Å². The quantitative estimate of drug-likeness (QED) is 0.798. The van der Waals surface area contributed by atoms with Crippen molar-refractivity contribution in [2.24, 2.45) is 11.1 Å². The van der Waals surface area contributed by atoms with Crippen molar-refractivity contribution in [2.75, 3.05) is 25.0 Å². The van der Waals surface area contributed by atoms with Crippen LogP contribution >= 0.6 is 40.7 Å². The number of carbonyl (C=O) groups is 1. The van der Waals surface area contributed by atoms with Crippen LogP contribution in [0, 0.1) is 5.41 Å². The number of carbonyl (C=O) groups excluding carboxylic acids is 1. The second-order valence-electron chi connectivity index (χ2n) is 6.00. The molecule has 1 amide bonds. The van der Waals surface area contributed by atoms with E-state index in [2.05, 4.69) is 45.0 Å². The number of nitrogens with zero attached hydrogens (tertiary/aromatic N) is 2. The molecular weight excluding hydrogens is 391 g/mol. The van der Waals surface area contributed by atoms with E-state index in [0.29, 0.717) is 12.4 Å². The lowest BCUT2D eigenvalue weighted by atomic mass is 9.80. The zero-order chi connectivity index (χ0) is 14.8. The van der Waals surface area contributed by atoms with Gasteiger partial charge in [-0.3, -0.25) is 9.69 Å². The van der Waals surface area contributed by atoms with Crippen LogP contribution in [-0.2, 0) is 4.79 Å². The number of likely N-dealkylation sites (tertiary alicyclic amines) is 1. The number of anilines is 1. The summed E-state index contributed by atoms with van der Waals surface area (Å²) < 4.78 is 0.891. The van der Waals surface area contributed by atoms with Gasteiger partial charge in [-0.15, -0.1) is 24.8 Å². The summed E-state index contributed by atoms with van der Waals surface area (Å²) >= 11 is 3.31. The van der Waals surface area contributed by atoms with Crippen molar-refractivity contribution in [3.63, 3.8) is 0 Å². The van der Waals surface area contributed by atoms with Crippen LogP contribution < -0.4 is 11.1 Å². The first-order valence-electron chi connectivity index (χ1n) is 6.76. The highest BCUT2D eigenvalue weighted by Crippen LogP contribution is 2.27. The van der Waals surface area contributed by atoms with Crippen molar-refractivity contribution in [3.8, 4) is 0 Å². The summed E-state index contributed by atoms with van der Waals surface area (Å²) in [5.74, 6) is 0.539. The lowest BCUT2D eigenvalue weighted by Gasteiger charge is -2.42. The van der Waals surface area contributed by atoms with Gasteiger partial charge in [-0.25, -0.2) is 4.98 Å². The standard InChI is InChI=1S/C14H21BrN4O.2ClH/c1-14(2)9-19(6-5-11(14)16)8-13(20)18-12-4-3-10(15)7-17-12;;/h3-4,7,11H,5-6,8-9,16H2,1-2H3,(H,17,18,20);2*1H. The van der Waals surface area contributed by atoms with Gasteiger partial charge in [0.05, 0.1) is 6.54 Å². The van der Waals surface area contributed by atoms with Crippen LogP contribution in [-0.4, -0.2) is 41.5 Å². The second kappa shape index (κ2) is 9.03. The fourth-order valence-corrected chi connectivity index (χ4v) is 2.69. The molecule has 0 bridgehead atoms. The zero-order valence-electron chi connectivity index (χ0n) is 12.7. The zero-order valence-corrected chi connectivity index (χ0v) is 15.9. The maximum absolute atomic E-state index is 12.0. The number of piperidine rings is 1. The summed E-state index contributed by atoms with van der Waals surface area (Å²) in [6, 6.07) is 3.83. The number of halogens is 3. The third kappa shape index (κ3) is 6.01. The van der Waals surface area contributed by atoms with Gasteiger partial charge < -0.3 is 11.1 Å². The number of aromatic nitrogens is 1. The average Bonchev–Trinajstić information content (AvgIpc) is 2.36. The molecule has 0 aliphatic carbocycles. The molecule has 3 N–H and O–H groups in total.